The summed E-state index contributed by atoms with van der Waals surface area (Å²) in [5.74, 6) is 0.353. The van der Waals surface area contributed by atoms with E-state index in [9.17, 15) is 9.18 Å². The van der Waals surface area contributed by atoms with Gasteiger partial charge in [0.15, 0.2) is 11.6 Å². The fourth-order valence-corrected chi connectivity index (χ4v) is 3.02. The van der Waals surface area contributed by atoms with Crippen LogP contribution in [0.2, 0.25) is 0 Å². The maximum absolute atomic E-state index is 14.4. The summed E-state index contributed by atoms with van der Waals surface area (Å²) in [6.45, 7) is 0.990. The minimum absolute atomic E-state index is 0.0174. The van der Waals surface area contributed by atoms with Gasteiger partial charge in [-0.25, -0.2) is 14.4 Å². The molecule has 26 heavy (non-hydrogen) atoms. The Morgan fingerprint density at radius 1 is 1.08 bits per heavy atom. The van der Waals surface area contributed by atoms with Crippen LogP contribution in [0.3, 0.4) is 0 Å². The lowest BCUT2D eigenvalue weighted by Gasteiger charge is -2.33. The Labute approximate surface area is 149 Å². The third kappa shape index (κ3) is 2.61. The first kappa shape index (κ1) is 16.3. The summed E-state index contributed by atoms with van der Waals surface area (Å²) in [7, 11) is 3.35. The van der Waals surface area contributed by atoms with Gasteiger partial charge in [0.05, 0.1) is 23.7 Å². The molecule has 2 aromatic carbocycles. The summed E-state index contributed by atoms with van der Waals surface area (Å²) in [6.07, 6.45) is 0. The van der Waals surface area contributed by atoms with Crippen molar-refractivity contribution in [1.29, 1.82) is 0 Å². The van der Waals surface area contributed by atoms with Crippen LogP contribution in [-0.4, -0.2) is 43.1 Å². The molecule has 0 saturated heterocycles. The highest BCUT2D eigenvalue weighted by Gasteiger charge is 2.30. The van der Waals surface area contributed by atoms with E-state index in [1.54, 1.807) is 6.07 Å². The largest absolute Gasteiger partial charge is 0.497 e. The molecule has 0 N–H and O–H groups in total. The quantitative estimate of drug-likeness (QED) is 0.710. The van der Waals surface area contributed by atoms with Crippen molar-refractivity contribution < 1.29 is 13.9 Å². The van der Waals surface area contributed by atoms with Crippen LogP contribution in [0.1, 0.15) is 10.4 Å². The van der Waals surface area contributed by atoms with E-state index in [2.05, 4.69) is 9.97 Å². The van der Waals surface area contributed by atoms with Gasteiger partial charge in [-0.2, -0.15) is 0 Å². The Kier molecular flexibility index (Phi) is 3.91. The Bertz CT molecular complexity index is 1010. The van der Waals surface area contributed by atoms with Crippen LogP contribution < -0.4 is 14.5 Å². The van der Waals surface area contributed by atoms with Crippen molar-refractivity contribution in [2.75, 3.05) is 37.0 Å². The zero-order chi connectivity index (χ0) is 18.3. The summed E-state index contributed by atoms with van der Waals surface area (Å²) in [5.41, 5.74) is 1.42. The maximum Gasteiger partial charge on any atom is 0.262 e. The number of likely N-dealkylation sites (N-methyl/N-ethyl adjacent to an activating group) is 1. The smallest absolute Gasteiger partial charge is 0.262 e. The lowest BCUT2D eigenvalue weighted by Crippen LogP contribution is -2.44. The summed E-state index contributed by atoms with van der Waals surface area (Å²) >= 11 is 0. The number of aromatic nitrogens is 2. The van der Waals surface area contributed by atoms with Crippen molar-refractivity contribution in [2.24, 2.45) is 0 Å². The number of carbonyl (C=O) groups excluding carboxylic acids is 1. The molecule has 0 fully saturated rings. The van der Waals surface area contributed by atoms with Crippen molar-refractivity contribution in [2.45, 2.75) is 0 Å². The minimum atomic E-state index is -0.622. The summed E-state index contributed by atoms with van der Waals surface area (Å²) in [4.78, 5) is 25.7. The third-order valence-corrected chi connectivity index (χ3v) is 4.46. The zero-order valence-corrected chi connectivity index (χ0v) is 14.4. The topological polar surface area (TPSA) is 58.6 Å². The standard InChI is InChI=1S/C19H17FN4O2/c1-23-9-10-24(19(25)13-8-7-12(26-2)11-14(13)20)18-17(23)21-15-5-3-4-6-16(15)22-18/h3-8,11H,9-10H2,1-2H3. The van der Waals surface area contributed by atoms with E-state index in [1.807, 2.05) is 36.2 Å². The molecule has 4 rings (SSSR count). The van der Waals surface area contributed by atoms with E-state index in [-0.39, 0.29) is 5.56 Å². The SMILES string of the molecule is COc1ccc(C(=O)N2CCN(C)c3nc4ccccc4nc32)c(F)c1. The number of methoxy groups -OCH3 is 1. The molecule has 0 radical (unpaired) electrons. The third-order valence-electron chi connectivity index (χ3n) is 4.46. The summed E-state index contributed by atoms with van der Waals surface area (Å²) < 4.78 is 19.4. The number of rotatable bonds is 2. The second kappa shape index (κ2) is 6.25. The minimum Gasteiger partial charge on any atom is -0.497 e. The van der Waals surface area contributed by atoms with E-state index in [0.717, 1.165) is 5.52 Å². The number of nitrogens with zero attached hydrogens (tertiary/aromatic N) is 4. The van der Waals surface area contributed by atoms with Crippen LogP contribution in [0.25, 0.3) is 11.0 Å². The van der Waals surface area contributed by atoms with E-state index >= 15 is 0 Å². The number of para-hydroxylation sites is 2. The molecule has 0 spiro atoms. The molecule has 0 aliphatic carbocycles. The first-order valence-corrected chi connectivity index (χ1v) is 8.22. The molecule has 6 nitrogen and oxygen atoms in total. The maximum atomic E-state index is 14.4. The predicted octanol–water partition coefficient (Wildman–Crippen LogP) is 2.87. The monoisotopic (exact) mass is 352 g/mol. The van der Waals surface area contributed by atoms with E-state index in [1.165, 1.54) is 24.1 Å². The first-order valence-electron chi connectivity index (χ1n) is 8.22. The number of halogens is 1. The molecule has 0 bridgehead atoms. The number of anilines is 2. The number of benzene rings is 2. The van der Waals surface area contributed by atoms with Crippen molar-refractivity contribution in [3.63, 3.8) is 0 Å². The number of fused-ring (bicyclic) bond motifs is 2. The van der Waals surface area contributed by atoms with Crippen molar-refractivity contribution >= 4 is 28.6 Å². The van der Waals surface area contributed by atoms with Gasteiger partial charge in [0, 0.05) is 26.2 Å². The van der Waals surface area contributed by atoms with Crippen LogP contribution >= 0.6 is 0 Å². The molecule has 1 aliphatic rings. The van der Waals surface area contributed by atoms with Gasteiger partial charge < -0.3 is 9.64 Å². The van der Waals surface area contributed by atoms with Gasteiger partial charge in [0.2, 0.25) is 0 Å². The highest BCUT2D eigenvalue weighted by molar-refractivity contribution is 6.08. The molecular formula is C19H17FN4O2. The summed E-state index contributed by atoms with van der Waals surface area (Å²) in [5, 5.41) is 0. The molecule has 7 heteroatoms. The average Bonchev–Trinajstić information content (AvgIpc) is 2.66. The Hall–Kier alpha value is -3.22. The van der Waals surface area contributed by atoms with E-state index in [0.29, 0.717) is 36.0 Å². The Morgan fingerprint density at radius 2 is 1.77 bits per heavy atom. The molecule has 1 aliphatic heterocycles. The lowest BCUT2D eigenvalue weighted by molar-refractivity contribution is 0.0982. The summed E-state index contributed by atoms with van der Waals surface area (Å²) in [6, 6.07) is 11.7. The van der Waals surface area contributed by atoms with Gasteiger partial charge in [-0.1, -0.05) is 12.1 Å². The zero-order valence-electron chi connectivity index (χ0n) is 14.4. The fraction of sp³-hybridized carbons (Fsp3) is 0.211. The molecule has 0 unspecified atom stereocenters. The average molecular weight is 352 g/mol. The van der Waals surface area contributed by atoms with Gasteiger partial charge in [-0.15, -0.1) is 0 Å². The number of amides is 1. The molecule has 3 aromatic rings. The van der Waals surface area contributed by atoms with Crippen LogP contribution in [-0.2, 0) is 0 Å². The normalized spacial score (nSPS) is 13.7. The number of hydrogen-bond donors (Lipinski definition) is 0. The van der Waals surface area contributed by atoms with Crippen molar-refractivity contribution in [3.05, 3.63) is 53.8 Å². The highest BCUT2D eigenvalue weighted by Crippen LogP contribution is 2.32. The number of carbonyl (C=O) groups is 1. The van der Waals surface area contributed by atoms with Gasteiger partial charge in [0.1, 0.15) is 11.6 Å². The highest BCUT2D eigenvalue weighted by atomic mass is 19.1. The number of hydrogen-bond acceptors (Lipinski definition) is 5. The van der Waals surface area contributed by atoms with Crippen LogP contribution in [0.15, 0.2) is 42.5 Å². The molecule has 1 aromatic heterocycles. The molecular weight excluding hydrogens is 335 g/mol. The van der Waals surface area contributed by atoms with Gasteiger partial charge in [-0.05, 0) is 24.3 Å². The van der Waals surface area contributed by atoms with Crippen LogP contribution in [0.4, 0.5) is 16.0 Å². The predicted molar refractivity (Wildman–Crippen MR) is 97.4 cm³/mol. The van der Waals surface area contributed by atoms with Gasteiger partial charge in [0.25, 0.3) is 5.91 Å². The molecule has 0 saturated carbocycles. The van der Waals surface area contributed by atoms with Crippen LogP contribution in [0.5, 0.6) is 5.75 Å². The van der Waals surface area contributed by atoms with Gasteiger partial charge in [-0.3, -0.25) is 9.69 Å². The van der Waals surface area contributed by atoms with Gasteiger partial charge >= 0.3 is 0 Å². The molecule has 1 amide bonds. The second-order valence-electron chi connectivity index (χ2n) is 6.08. The lowest BCUT2D eigenvalue weighted by atomic mass is 10.1. The Balaban J connectivity index is 1.80. The molecule has 2 heterocycles. The van der Waals surface area contributed by atoms with Crippen molar-refractivity contribution in [1.82, 2.24) is 9.97 Å². The second-order valence-corrected chi connectivity index (χ2v) is 6.08. The number of ether oxygens (including phenoxy) is 1. The molecule has 132 valence electrons. The van der Waals surface area contributed by atoms with Crippen LogP contribution in [0, 0.1) is 5.82 Å². The molecule has 0 atom stereocenters. The van der Waals surface area contributed by atoms with E-state index in [4.69, 9.17) is 4.74 Å². The first-order chi connectivity index (χ1) is 12.6. The fourth-order valence-electron chi connectivity index (χ4n) is 3.02. The van der Waals surface area contributed by atoms with Crippen molar-refractivity contribution in [3.8, 4) is 5.75 Å². The Morgan fingerprint density at radius 3 is 2.42 bits per heavy atom. The van der Waals surface area contributed by atoms with E-state index < -0.39 is 11.7 Å².